The Kier molecular flexibility index (Phi) is 5.58. The van der Waals surface area contributed by atoms with Gasteiger partial charge in [-0.3, -0.25) is 4.57 Å². The maximum Gasteiger partial charge on any atom is 0.341 e. The molecule has 0 saturated carbocycles. The molecule has 0 radical (unpaired) electrons. The molecule has 1 aromatic rings. The lowest BCUT2D eigenvalue weighted by atomic mass is 10.1. The number of hydrogen-bond acceptors (Lipinski definition) is 5. The minimum Gasteiger partial charge on any atom is -0.496 e. The molecule has 0 spiro atoms. The molecule has 1 unspecified atom stereocenters. The number of ether oxygens (including phenoxy) is 2. The number of benzene rings is 1. The van der Waals surface area contributed by atoms with Crippen molar-refractivity contribution in [3.05, 3.63) is 29.3 Å². The van der Waals surface area contributed by atoms with Crippen LogP contribution in [0.5, 0.6) is 5.75 Å². The Balaban J connectivity index is 3.00. The predicted molar refractivity (Wildman–Crippen MR) is 73.2 cm³/mol. The Morgan fingerprint density at radius 3 is 2.53 bits per heavy atom. The summed E-state index contributed by atoms with van der Waals surface area (Å²) in [6.45, 7) is 3.80. The van der Waals surface area contributed by atoms with Gasteiger partial charge in [-0.05, 0) is 24.6 Å². The van der Waals surface area contributed by atoms with Gasteiger partial charge in [0, 0.05) is 12.8 Å². The molecule has 0 N–H and O–H groups in total. The van der Waals surface area contributed by atoms with E-state index in [1.165, 1.54) is 14.2 Å². The smallest absolute Gasteiger partial charge is 0.341 e. The van der Waals surface area contributed by atoms with Crippen molar-refractivity contribution in [2.45, 2.75) is 13.1 Å². The zero-order valence-corrected chi connectivity index (χ0v) is 12.5. The highest BCUT2D eigenvalue weighted by molar-refractivity contribution is 7.57. The standard InChI is InChI=1S/C13H19O5P/c1-5-18-19(4,15)9-10-6-7-11(13(14)17-3)12(8-10)16-2/h6-8H,5,9H2,1-4H3. The van der Waals surface area contributed by atoms with Crippen LogP contribution in [0.1, 0.15) is 22.8 Å². The lowest BCUT2D eigenvalue weighted by Crippen LogP contribution is -2.04. The van der Waals surface area contributed by atoms with Crippen LogP contribution in [0.15, 0.2) is 18.2 Å². The van der Waals surface area contributed by atoms with Crippen molar-refractivity contribution in [2.75, 3.05) is 27.5 Å². The van der Waals surface area contributed by atoms with E-state index in [9.17, 15) is 9.36 Å². The summed E-state index contributed by atoms with van der Waals surface area (Å²) in [6, 6.07) is 5.01. The van der Waals surface area contributed by atoms with Gasteiger partial charge in [0.25, 0.3) is 0 Å². The third kappa shape index (κ3) is 4.37. The molecule has 0 bridgehead atoms. The quantitative estimate of drug-likeness (QED) is 0.594. The van der Waals surface area contributed by atoms with E-state index < -0.39 is 13.3 Å². The van der Waals surface area contributed by atoms with Crippen LogP contribution < -0.4 is 4.74 Å². The lowest BCUT2D eigenvalue weighted by Gasteiger charge is -2.14. The van der Waals surface area contributed by atoms with E-state index in [1.54, 1.807) is 31.8 Å². The Labute approximate surface area is 113 Å². The Morgan fingerprint density at radius 2 is 2.00 bits per heavy atom. The number of carbonyl (C=O) groups excluding carboxylic acids is 1. The van der Waals surface area contributed by atoms with Crippen molar-refractivity contribution >= 4 is 13.3 Å². The minimum atomic E-state index is -2.66. The van der Waals surface area contributed by atoms with Crippen LogP contribution in [-0.4, -0.2) is 33.5 Å². The number of esters is 1. The van der Waals surface area contributed by atoms with Gasteiger partial charge in [0.2, 0.25) is 7.37 Å². The van der Waals surface area contributed by atoms with Gasteiger partial charge in [-0.2, -0.15) is 0 Å². The second-order valence-electron chi connectivity index (χ2n) is 4.12. The Hall–Kier alpha value is -1.32. The van der Waals surface area contributed by atoms with E-state index >= 15 is 0 Å². The largest absolute Gasteiger partial charge is 0.496 e. The molecule has 0 aliphatic heterocycles. The van der Waals surface area contributed by atoms with Gasteiger partial charge in [-0.1, -0.05) is 6.07 Å². The zero-order valence-electron chi connectivity index (χ0n) is 11.6. The molecule has 106 valence electrons. The highest BCUT2D eigenvalue weighted by Gasteiger charge is 2.19. The SMILES string of the molecule is CCOP(C)(=O)Cc1ccc(C(=O)OC)c(OC)c1. The third-order valence-electron chi connectivity index (χ3n) is 2.54. The average molecular weight is 286 g/mol. The molecule has 1 atom stereocenters. The molecule has 5 nitrogen and oxygen atoms in total. The summed E-state index contributed by atoms with van der Waals surface area (Å²) in [6.07, 6.45) is 0.304. The van der Waals surface area contributed by atoms with Crippen molar-refractivity contribution in [1.82, 2.24) is 0 Å². The normalized spacial score (nSPS) is 13.7. The van der Waals surface area contributed by atoms with Crippen LogP contribution in [-0.2, 0) is 20.0 Å². The molecule has 0 aliphatic rings. The van der Waals surface area contributed by atoms with Gasteiger partial charge >= 0.3 is 5.97 Å². The molecule has 0 fully saturated rings. The molecular weight excluding hydrogens is 267 g/mol. The summed E-state index contributed by atoms with van der Waals surface area (Å²) in [4.78, 5) is 11.5. The van der Waals surface area contributed by atoms with Crippen molar-refractivity contribution in [3.8, 4) is 5.75 Å². The lowest BCUT2D eigenvalue weighted by molar-refractivity contribution is 0.0597. The van der Waals surface area contributed by atoms with E-state index in [-0.39, 0.29) is 0 Å². The van der Waals surface area contributed by atoms with Crippen molar-refractivity contribution < 1.29 is 23.4 Å². The van der Waals surface area contributed by atoms with E-state index in [0.717, 1.165) is 5.56 Å². The second kappa shape index (κ2) is 6.73. The first kappa shape index (κ1) is 15.7. The van der Waals surface area contributed by atoms with E-state index in [4.69, 9.17) is 9.26 Å². The number of rotatable bonds is 6. The first-order valence-corrected chi connectivity index (χ1v) is 8.15. The predicted octanol–water partition coefficient (Wildman–Crippen LogP) is 2.93. The average Bonchev–Trinajstić information content (AvgIpc) is 2.37. The van der Waals surface area contributed by atoms with Gasteiger partial charge < -0.3 is 14.0 Å². The van der Waals surface area contributed by atoms with Gasteiger partial charge in [0.05, 0.1) is 20.8 Å². The van der Waals surface area contributed by atoms with Gasteiger partial charge in [-0.25, -0.2) is 4.79 Å². The van der Waals surface area contributed by atoms with Gasteiger partial charge in [0.15, 0.2) is 0 Å². The molecule has 6 heteroatoms. The van der Waals surface area contributed by atoms with E-state index in [2.05, 4.69) is 4.74 Å². The van der Waals surface area contributed by atoms with Gasteiger partial charge in [0.1, 0.15) is 11.3 Å². The molecule has 0 heterocycles. The topological polar surface area (TPSA) is 61.8 Å². The van der Waals surface area contributed by atoms with Crippen LogP contribution in [0.2, 0.25) is 0 Å². The van der Waals surface area contributed by atoms with Crippen LogP contribution in [0.4, 0.5) is 0 Å². The van der Waals surface area contributed by atoms with Gasteiger partial charge in [-0.15, -0.1) is 0 Å². The first-order chi connectivity index (χ1) is 8.93. The summed E-state index contributed by atoms with van der Waals surface area (Å²) in [7, 11) is 0.120. The first-order valence-electron chi connectivity index (χ1n) is 5.89. The van der Waals surface area contributed by atoms with Crippen molar-refractivity contribution in [1.29, 1.82) is 0 Å². The second-order valence-corrected chi connectivity index (χ2v) is 6.72. The van der Waals surface area contributed by atoms with E-state index in [1.807, 2.05) is 0 Å². The zero-order chi connectivity index (χ0) is 14.5. The minimum absolute atomic E-state index is 0.304. The summed E-state index contributed by atoms with van der Waals surface area (Å²) < 4.78 is 27.1. The fraction of sp³-hybridized carbons (Fsp3) is 0.462. The fourth-order valence-electron chi connectivity index (χ4n) is 1.76. The summed E-state index contributed by atoms with van der Waals surface area (Å²) in [5.41, 5.74) is 1.14. The molecular formula is C13H19O5P. The maximum absolute atomic E-state index is 12.1. The molecule has 0 amide bonds. The van der Waals surface area contributed by atoms with E-state index in [0.29, 0.717) is 24.1 Å². The number of carbonyl (C=O) groups is 1. The Morgan fingerprint density at radius 1 is 1.32 bits per heavy atom. The van der Waals surface area contributed by atoms with Crippen LogP contribution >= 0.6 is 7.37 Å². The maximum atomic E-state index is 12.1. The fourth-order valence-corrected chi connectivity index (χ4v) is 3.26. The molecule has 1 rings (SSSR count). The molecule has 19 heavy (non-hydrogen) atoms. The Bertz CT molecular complexity index is 498. The summed E-state index contributed by atoms with van der Waals surface area (Å²) in [5, 5.41) is 0. The molecule has 0 aliphatic carbocycles. The number of methoxy groups -OCH3 is 2. The molecule has 1 aromatic carbocycles. The highest BCUT2D eigenvalue weighted by Crippen LogP contribution is 2.46. The van der Waals surface area contributed by atoms with Crippen LogP contribution in [0.3, 0.4) is 0 Å². The highest BCUT2D eigenvalue weighted by atomic mass is 31.2. The number of hydrogen-bond donors (Lipinski definition) is 0. The van der Waals surface area contributed by atoms with Crippen molar-refractivity contribution in [2.24, 2.45) is 0 Å². The van der Waals surface area contributed by atoms with Crippen LogP contribution in [0.25, 0.3) is 0 Å². The van der Waals surface area contributed by atoms with Crippen molar-refractivity contribution in [3.63, 3.8) is 0 Å². The third-order valence-corrected chi connectivity index (χ3v) is 4.29. The van der Waals surface area contributed by atoms with Crippen LogP contribution in [0, 0.1) is 0 Å². The monoisotopic (exact) mass is 286 g/mol. The summed E-state index contributed by atoms with van der Waals surface area (Å²) in [5.74, 6) is -0.0614. The summed E-state index contributed by atoms with van der Waals surface area (Å²) >= 11 is 0. The molecule has 0 aromatic heterocycles. The molecule has 0 saturated heterocycles.